The fourth-order valence-electron chi connectivity index (χ4n) is 6.92. The summed E-state index contributed by atoms with van der Waals surface area (Å²) in [5.74, 6) is -2.06. The van der Waals surface area contributed by atoms with Gasteiger partial charge in [0, 0.05) is 13.2 Å². The molecule has 0 aromatic heterocycles. The van der Waals surface area contributed by atoms with Crippen molar-refractivity contribution in [2.45, 2.75) is 74.0 Å². The zero-order valence-corrected chi connectivity index (χ0v) is 32.1. The van der Waals surface area contributed by atoms with Crippen molar-refractivity contribution >= 4 is 47.4 Å². The highest BCUT2D eigenvalue weighted by molar-refractivity contribution is 8.24. The van der Waals surface area contributed by atoms with Crippen molar-refractivity contribution in [3.8, 4) is 35.1 Å². The van der Waals surface area contributed by atoms with Gasteiger partial charge in [-0.3, -0.25) is 19.2 Å². The molecule has 2 fully saturated rings. The lowest BCUT2D eigenvalue weighted by Crippen LogP contribution is -2.30. The highest BCUT2D eigenvalue weighted by Crippen LogP contribution is 2.59. The normalized spacial score (nSPS) is 20.1. The lowest BCUT2D eigenvalue weighted by Gasteiger charge is -2.26. The molecule has 0 spiro atoms. The molecular weight excluding hydrogens is 757 g/mol. The lowest BCUT2D eigenvalue weighted by molar-refractivity contribution is -0.145. The van der Waals surface area contributed by atoms with Crippen LogP contribution < -0.4 is 18.9 Å². The number of thioether (sulfide) groups is 2. The van der Waals surface area contributed by atoms with Crippen molar-refractivity contribution in [3.63, 3.8) is 0 Å². The zero-order valence-electron chi connectivity index (χ0n) is 30.4. The number of rotatable bonds is 12. The molecule has 290 valence electrons. The minimum atomic E-state index is -0.471. The van der Waals surface area contributed by atoms with Gasteiger partial charge >= 0.3 is 23.9 Å². The van der Waals surface area contributed by atoms with E-state index >= 15 is 0 Å². The maximum absolute atomic E-state index is 13.4. The molecular formula is C42H40N2O10S2. The number of nitrogens with zero attached hydrogens (tertiary/aromatic N) is 2. The third-order valence-electron chi connectivity index (χ3n) is 10.2. The van der Waals surface area contributed by atoms with Gasteiger partial charge < -0.3 is 29.2 Å². The first kappa shape index (κ1) is 40.5. The summed E-state index contributed by atoms with van der Waals surface area (Å²) >= 11 is 2.19. The van der Waals surface area contributed by atoms with Crippen LogP contribution in [0, 0.1) is 46.3 Å². The number of fused-ring (bicyclic) bond motifs is 1. The molecule has 6 rings (SSSR count). The molecule has 3 aromatic rings. The topological polar surface area (TPSA) is 193 Å². The summed E-state index contributed by atoms with van der Waals surface area (Å²) in [7, 11) is 0. The van der Waals surface area contributed by atoms with E-state index in [4.69, 9.17) is 29.2 Å². The molecule has 14 heteroatoms. The SMILES string of the molecule is N#CC(C#N)=C1Sc2c(OC(=O)[C@H]3CC[C@H](C(=O)Oc4ccc(CCO)cc4)CC3)ccc(OC(=O)[C@H]3CC[C@H](C(=O)Oc4ccc(CCO)cc4)CC3)c2S1. The Kier molecular flexibility index (Phi) is 13.9. The standard InChI is InChI=1S/C42H40N2O10S2/c43-23-31(24-44)42-55-36-34(53-40(49)29-9-5-27(6-10-29)38(47)51-32-13-1-25(2-14-32)19-21-45)17-18-35(37(36)56-42)54-41(50)30-11-7-28(8-12-30)39(48)52-33-15-3-26(4-16-33)20-22-46/h1-4,13-18,27-30,45-46H,5-12,19-22H2/t27-,28-,29-,30-. The molecule has 2 aliphatic carbocycles. The maximum atomic E-state index is 13.4. The Bertz CT molecular complexity index is 1910. The number of nitriles is 2. The van der Waals surface area contributed by atoms with Crippen molar-refractivity contribution in [3.05, 3.63) is 81.6 Å². The number of carbonyl (C=O) groups excluding carboxylic acids is 4. The van der Waals surface area contributed by atoms with Gasteiger partial charge in [0.25, 0.3) is 0 Å². The second kappa shape index (κ2) is 19.2. The monoisotopic (exact) mass is 796 g/mol. The fraction of sp³-hybridized carbons (Fsp3) is 0.381. The number of hydrogen-bond donors (Lipinski definition) is 2. The molecule has 1 aliphatic heterocycles. The van der Waals surface area contributed by atoms with Crippen molar-refractivity contribution in [2.24, 2.45) is 23.7 Å². The molecule has 2 N–H and O–H groups in total. The summed E-state index contributed by atoms with van der Waals surface area (Å²) in [4.78, 5) is 53.4. The van der Waals surface area contributed by atoms with Crippen LogP contribution in [0.4, 0.5) is 0 Å². The molecule has 3 aliphatic rings. The summed E-state index contributed by atoms with van der Waals surface area (Å²) < 4.78 is 23.3. The van der Waals surface area contributed by atoms with E-state index in [1.165, 1.54) is 12.1 Å². The van der Waals surface area contributed by atoms with Gasteiger partial charge in [0.05, 0.1) is 37.7 Å². The molecule has 2 saturated carbocycles. The first-order valence-corrected chi connectivity index (χ1v) is 20.2. The Morgan fingerprint density at radius 3 is 1.16 bits per heavy atom. The molecule has 56 heavy (non-hydrogen) atoms. The van der Waals surface area contributed by atoms with E-state index in [2.05, 4.69) is 0 Å². The Labute approximate surface area is 332 Å². The van der Waals surface area contributed by atoms with Crippen molar-refractivity contribution < 1.29 is 48.3 Å². The van der Waals surface area contributed by atoms with E-state index in [1.807, 2.05) is 12.1 Å². The van der Waals surface area contributed by atoms with E-state index < -0.39 is 23.8 Å². The molecule has 0 unspecified atom stereocenters. The number of esters is 4. The lowest BCUT2D eigenvalue weighted by atomic mass is 9.82. The molecule has 0 saturated heterocycles. The first-order valence-electron chi connectivity index (χ1n) is 18.5. The van der Waals surface area contributed by atoms with E-state index in [0.717, 1.165) is 34.7 Å². The van der Waals surface area contributed by atoms with Crippen LogP contribution in [-0.4, -0.2) is 47.3 Å². The third kappa shape index (κ3) is 10.00. The van der Waals surface area contributed by atoms with Crippen LogP contribution >= 0.6 is 23.5 Å². The van der Waals surface area contributed by atoms with Crippen molar-refractivity contribution in [1.29, 1.82) is 10.5 Å². The van der Waals surface area contributed by atoms with Crippen LogP contribution in [0.5, 0.6) is 23.0 Å². The van der Waals surface area contributed by atoms with Gasteiger partial charge in [-0.2, -0.15) is 10.5 Å². The predicted octanol–water partition coefficient (Wildman–Crippen LogP) is 6.85. The van der Waals surface area contributed by atoms with Gasteiger partial charge in [-0.05, 0) is 112 Å². The van der Waals surface area contributed by atoms with Gasteiger partial charge in [-0.1, -0.05) is 47.8 Å². The Morgan fingerprint density at radius 1 is 0.536 bits per heavy atom. The summed E-state index contributed by atoms with van der Waals surface area (Å²) in [5.41, 5.74) is 1.74. The number of ether oxygens (including phenoxy) is 4. The van der Waals surface area contributed by atoms with Crippen LogP contribution in [-0.2, 0) is 32.0 Å². The summed E-state index contributed by atoms with van der Waals surface area (Å²) in [5, 5.41) is 37.4. The third-order valence-corrected chi connectivity index (χ3v) is 12.8. The van der Waals surface area contributed by atoms with Gasteiger partial charge in [0.15, 0.2) is 0 Å². The van der Waals surface area contributed by atoms with E-state index in [9.17, 15) is 29.7 Å². The largest absolute Gasteiger partial charge is 0.426 e. The zero-order chi connectivity index (χ0) is 39.6. The predicted molar refractivity (Wildman–Crippen MR) is 204 cm³/mol. The maximum Gasteiger partial charge on any atom is 0.314 e. The smallest absolute Gasteiger partial charge is 0.314 e. The number of hydrogen-bond acceptors (Lipinski definition) is 14. The van der Waals surface area contributed by atoms with Crippen molar-refractivity contribution in [2.75, 3.05) is 13.2 Å². The Hall–Kier alpha value is -5.12. The van der Waals surface area contributed by atoms with Crippen LogP contribution in [0.1, 0.15) is 62.5 Å². The number of aliphatic hydroxyl groups excluding tert-OH is 2. The number of allylic oxidation sites excluding steroid dienone is 1. The van der Waals surface area contributed by atoms with E-state index in [-0.39, 0.29) is 54.1 Å². The Morgan fingerprint density at radius 2 is 0.857 bits per heavy atom. The quantitative estimate of drug-likeness (QED) is 0.110. The van der Waals surface area contributed by atoms with Crippen LogP contribution in [0.25, 0.3) is 0 Å². The minimum absolute atomic E-state index is 0.0311. The summed E-state index contributed by atoms with van der Waals surface area (Å²) in [6.45, 7) is 0.0623. The van der Waals surface area contributed by atoms with E-state index in [0.29, 0.717) is 89.7 Å². The first-order chi connectivity index (χ1) is 27.2. The number of carbonyl (C=O) groups is 4. The average Bonchev–Trinajstić information content (AvgIpc) is 3.67. The highest BCUT2D eigenvalue weighted by atomic mass is 32.2. The van der Waals surface area contributed by atoms with Gasteiger partial charge in [-0.25, -0.2) is 0 Å². The summed E-state index contributed by atoms with van der Waals surface area (Å²) in [6, 6.07) is 20.8. The molecule has 1 heterocycles. The van der Waals surface area contributed by atoms with Crippen LogP contribution in [0.3, 0.4) is 0 Å². The second-order valence-corrected chi connectivity index (χ2v) is 16.1. The Balaban J connectivity index is 1.05. The van der Waals surface area contributed by atoms with Gasteiger partial charge in [-0.15, -0.1) is 0 Å². The average molecular weight is 797 g/mol. The molecule has 0 bridgehead atoms. The van der Waals surface area contributed by atoms with E-state index in [1.54, 1.807) is 48.5 Å². The van der Waals surface area contributed by atoms with Crippen molar-refractivity contribution in [1.82, 2.24) is 0 Å². The van der Waals surface area contributed by atoms with Gasteiger partial charge in [0.2, 0.25) is 0 Å². The molecule has 3 aromatic carbocycles. The number of aliphatic hydroxyl groups is 2. The molecule has 12 nitrogen and oxygen atoms in total. The highest BCUT2D eigenvalue weighted by Gasteiger charge is 2.36. The number of benzene rings is 3. The van der Waals surface area contributed by atoms with Crippen LogP contribution in [0.15, 0.2) is 80.3 Å². The summed E-state index contributed by atoms with van der Waals surface area (Å²) in [6.07, 6.45) is 4.50. The molecule has 0 atom stereocenters. The van der Waals surface area contributed by atoms with Crippen LogP contribution in [0.2, 0.25) is 0 Å². The minimum Gasteiger partial charge on any atom is -0.426 e. The molecule has 0 amide bonds. The van der Waals surface area contributed by atoms with Gasteiger partial charge in [0.1, 0.15) is 40.7 Å². The molecule has 0 radical (unpaired) electrons. The second-order valence-electron chi connectivity index (χ2n) is 13.8. The fourth-order valence-corrected chi connectivity index (χ4v) is 9.41.